The van der Waals surface area contributed by atoms with E-state index in [1.165, 1.54) is 3.27 Å². The normalized spacial score (nSPS) is 12.1. The molecular weight excluding hydrogens is 259 g/mol. The van der Waals surface area contributed by atoms with Gasteiger partial charge >= 0.3 is 64.2 Å². The summed E-state index contributed by atoms with van der Waals surface area (Å²) in [6, 6.07) is 10.2. The van der Waals surface area contributed by atoms with Crippen LogP contribution in [0, 0.1) is 6.42 Å². The fraction of sp³-hybridized carbons (Fsp3) is 0. The van der Waals surface area contributed by atoms with Gasteiger partial charge in [0.2, 0.25) is 0 Å². The van der Waals surface area contributed by atoms with Crippen molar-refractivity contribution in [2.24, 2.45) is 0 Å². The molecule has 1 aromatic carbocycles. The van der Waals surface area contributed by atoms with E-state index in [4.69, 9.17) is 8.51 Å². The maximum atomic E-state index is 5.70. The Labute approximate surface area is 94.4 Å². The van der Waals surface area contributed by atoms with Gasteiger partial charge in [-0.3, -0.25) is 0 Å². The molecular formula is C11H10ClZr. The standard InChI is InChI=1S/C6H5.C5H5.ClH.Zr/c1-2-4-6-5-3-1;1-2-4-5-3-1;;/h1-5H;1-5H;1H;/q;;;+1/p-1. The van der Waals surface area contributed by atoms with Crippen LogP contribution >= 0.6 is 8.51 Å². The quantitative estimate of drug-likeness (QED) is 0.735. The molecule has 0 aromatic heterocycles. The second kappa shape index (κ2) is 7.29. The average Bonchev–Trinajstić information content (AvgIpc) is 2.77. The maximum absolute atomic E-state index is 5.70. The van der Waals surface area contributed by atoms with E-state index in [-0.39, 0.29) is 0 Å². The van der Waals surface area contributed by atoms with Crippen LogP contribution in [-0.4, -0.2) is 0 Å². The third-order valence-corrected chi connectivity index (χ3v) is 4.09. The summed E-state index contributed by atoms with van der Waals surface area (Å²) in [7, 11) is 5.70. The topological polar surface area (TPSA) is 0 Å². The van der Waals surface area contributed by atoms with E-state index in [0.717, 1.165) is 0 Å². The SMILES string of the molecule is [CH]1C=CC=C1.[Cl][Zr][c]1ccccc1. The Hall–Kier alpha value is -0.127. The van der Waals surface area contributed by atoms with Crippen molar-refractivity contribution in [2.45, 2.75) is 0 Å². The van der Waals surface area contributed by atoms with Crippen LogP contribution in [0.2, 0.25) is 0 Å². The van der Waals surface area contributed by atoms with Gasteiger partial charge in [0, 0.05) is 6.42 Å². The summed E-state index contributed by atoms with van der Waals surface area (Å²) in [5.41, 5.74) is 0. The Balaban J connectivity index is 0.000000145. The molecule has 0 atom stereocenters. The van der Waals surface area contributed by atoms with Gasteiger partial charge in [-0.25, -0.2) is 0 Å². The van der Waals surface area contributed by atoms with Crippen LogP contribution in [0.5, 0.6) is 0 Å². The fourth-order valence-electron chi connectivity index (χ4n) is 0.822. The molecule has 0 saturated heterocycles. The molecule has 1 aliphatic rings. The molecule has 13 heavy (non-hydrogen) atoms. The summed E-state index contributed by atoms with van der Waals surface area (Å²) in [5.74, 6) is 0. The van der Waals surface area contributed by atoms with Gasteiger partial charge in [-0.2, -0.15) is 0 Å². The molecule has 0 saturated carbocycles. The van der Waals surface area contributed by atoms with Gasteiger partial charge in [0.1, 0.15) is 0 Å². The van der Waals surface area contributed by atoms with Crippen LogP contribution in [0.25, 0.3) is 0 Å². The summed E-state index contributed by atoms with van der Waals surface area (Å²) in [6.07, 6.45) is 10.0. The monoisotopic (exact) mass is 267 g/mol. The van der Waals surface area contributed by atoms with Gasteiger partial charge in [-0.1, -0.05) is 24.3 Å². The Morgan fingerprint density at radius 1 is 0.846 bits per heavy atom. The Morgan fingerprint density at radius 2 is 1.46 bits per heavy atom. The minimum absolute atomic E-state index is 0.671. The predicted octanol–water partition coefficient (Wildman–Crippen LogP) is 2.86. The van der Waals surface area contributed by atoms with Crippen LogP contribution in [0.1, 0.15) is 0 Å². The third-order valence-electron chi connectivity index (χ3n) is 1.44. The van der Waals surface area contributed by atoms with Crippen LogP contribution in [0.4, 0.5) is 0 Å². The number of hydrogen-bond donors (Lipinski definition) is 0. The zero-order valence-electron chi connectivity index (χ0n) is 7.15. The number of allylic oxidation sites excluding steroid dienone is 4. The van der Waals surface area contributed by atoms with E-state index >= 15 is 0 Å². The first kappa shape index (κ1) is 11.0. The summed E-state index contributed by atoms with van der Waals surface area (Å²) < 4.78 is 1.35. The summed E-state index contributed by atoms with van der Waals surface area (Å²) in [6.45, 7) is 0. The molecule has 0 aliphatic heterocycles. The molecule has 0 spiro atoms. The second-order valence-electron chi connectivity index (χ2n) is 2.42. The molecule has 0 fully saturated rings. The zero-order valence-corrected chi connectivity index (χ0v) is 10.4. The molecule has 0 N–H and O–H groups in total. The van der Waals surface area contributed by atoms with Gasteiger partial charge < -0.3 is 0 Å². The molecule has 1 radical (unpaired) electrons. The van der Waals surface area contributed by atoms with Crippen molar-refractivity contribution in [2.75, 3.05) is 0 Å². The number of hydrogen-bond acceptors (Lipinski definition) is 0. The fourth-order valence-corrected chi connectivity index (χ4v) is 2.35. The van der Waals surface area contributed by atoms with E-state index in [2.05, 4.69) is 12.1 Å². The van der Waals surface area contributed by atoms with E-state index in [0.29, 0.717) is 0 Å². The molecule has 0 bridgehead atoms. The van der Waals surface area contributed by atoms with Crippen molar-refractivity contribution in [3.63, 3.8) is 0 Å². The molecule has 1 aliphatic carbocycles. The van der Waals surface area contributed by atoms with E-state index in [1.807, 2.05) is 48.9 Å². The number of rotatable bonds is 1. The van der Waals surface area contributed by atoms with Gasteiger partial charge in [0.25, 0.3) is 0 Å². The van der Waals surface area contributed by atoms with E-state index in [1.54, 1.807) is 0 Å². The van der Waals surface area contributed by atoms with Gasteiger partial charge in [-0.15, -0.1) is 0 Å². The number of halogens is 1. The second-order valence-corrected chi connectivity index (χ2v) is 5.42. The summed E-state index contributed by atoms with van der Waals surface area (Å²) in [5, 5.41) is 0. The van der Waals surface area contributed by atoms with Crippen molar-refractivity contribution < 1.29 is 22.0 Å². The Morgan fingerprint density at radius 3 is 1.77 bits per heavy atom. The Kier molecular flexibility index (Phi) is 6.14. The van der Waals surface area contributed by atoms with E-state index < -0.39 is 22.0 Å². The van der Waals surface area contributed by atoms with Crippen molar-refractivity contribution in [1.29, 1.82) is 0 Å². The molecule has 0 nitrogen and oxygen atoms in total. The van der Waals surface area contributed by atoms with E-state index in [9.17, 15) is 0 Å². The van der Waals surface area contributed by atoms with Gasteiger partial charge in [0.05, 0.1) is 0 Å². The molecule has 2 heteroatoms. The van der Waals surface area contributed by atoms with Gasteiger partial charge in [-0.05, 0) is 0 Å². The summed E-state index contributed by atoms with van der Waals surface area (Å²) >= 11 is -0.671. The van der Waals surface area contributed by atoms with Crippen molar-refractivity contribution in [3.8, 4) is 0 Å². The molecule has 0 unspecified atom stereocenters. The first-order chi connectivity index (χ1) is 6.43. The van der Waals surface area contributed by atoms with Crippen LogP contribution < -0.4 is 3.27 Å². The summed E-state index contributed by atoms with van der Waals surface area (Å²) in [4.78, 5) is 0. The Bertz CT molecular complexity index is 267. The van der Waals surface area contributed by atoms with Crippen LogP contribution in [-0.2, 0) is 22.0 Å². The molecule has 2 rings (SSSR count). The van der Waals surface area contributed by atoms with Crippen molar-refractivity contribution >= 4 is 11.8 Å². The van der Waals surface area contributed by atoms with Gasteiger partial charge in [0.15, 0.2) is 0 Å². The van der Waals surface area contributed by atoms with Crippen molar-refractivity contribution in [1.82, 2.24) is 0 Å². The molecule has 0 amide bonds. The molecule has 65 valence electrons. The predicted molar refractivity (Wildman–Crippen MR) is 54.5 cm³/mol. The van der Waals surface area contributed by atoms with Crippen molar-refractivity contribution in [3.05, 3.63) is 61.1 Å². The molecule has 0 heterocycles. The zero-order chi connectivity index (χ0) is 9.36. The average molecular weight is 269 g/mol. The number of benzene rings is 1. The third kappa shape index (κ3) is 5.23. The van der Waals surface area contributed by atoms with Crippen LogP contribution in [0.3, 0.4) is 0 Å². The molecule has 1 aromatic rings. The first-order valence-corrected chi connectivity index (χ1v) is 8.41. The first-order valence-electron chi connectivity index (χ1n) is 4.02. The minimum atomic E-state index is -0.671. The van der Waals surface area contributed by atoms with Crippen LogP contribution in [0.15, 0.2) is 54.6 Å².